The lowest BCUT2D eigenvalue weighted by Crippen LogP contribution is -2.45. The number of hydroxylamine groups is 1. The van der Waals surface area contributed by atoms with Gasteiger partial charge < -0.3 is 4.90 Å². The predicted molar refractivity (Wildman–Crippen MR) is 61.8 cm³/mol. The number of nitrogens with one attached hydrogen (secondary N) is 1. The topological polar surface area (TPSA) is 41.6 Å². The first-order valence-corrected chi connectivity index (χ1v) is 6.46. The van der Waals surface area contributed by atoms with Crippen LogP contribution in [0.3, 0.4) is 0 Å². The van der Waals surface area contributed by atoms with Gasteiger partial charge in [-0.3, -0.25) is 4.84 Å². The largest absolute Gasteiger partial charge is 0.341 e. The third-order valence-corrected chi connectivity index (χ3v) is 3.56. The van der Waals surface area contributed by atoms with Crippen molar-refractivity contribution in [2.45, 2.75) is 51.6 Å². The van der Waals surface area contributed by atoms with Crippen LogP contribution in [0.5, 0.6) is 0 Å². The summed E-state index contributed by atoms with van der Waals surface area (Å²) in [4.78, 5) is 19.1. The van der Waals surface area contributed by atoms with Crippen molar-refractivity contribution in [1.29, 1.82) is 0 Å². The molecule has 4 nitrogen and oxygen atoms in total. The molecule has 1 heterocycles. The molecular formula is C12H22N2O2. The molecule has 0 spiro atoms. The van der Waals surface area contributed by atoms with Crippen LogP contribution in [0.2, 0.25) is 0 Å². The van der Waals surface area contributed by atoms with E-state index in [4.69, 9.17) is 4.84 Å². The van der Waals surface area contributed by atoms with Crippen molar-refractivity contribution in [2.24, 2.45) is 5.92 Å². The van der Waals surface area contributed by atoms with Crippen molar-refractivity contribution in [1.82, 2.24) is 10.4 Å². The fourth-order valence-corrected chi connectivity index (χ4v) is 2.58. The molecule has 0 bridgehead atoms. The summed E-state index contributed by atoms with van der Waals surface area (Å²) in [5, 5.41) is 0. The van der Waals surface area contributed by atoms with Crippen molar-refractivity contribution < 1.29 is 9.63 Å². The molecular weight excluding hydrogens is 204 g/mol. The summed E-state index contributed by atoms with van der Waals surface area (Å²) in [5.41, 5.74) is 2.60. The van der Waals surface area contributed by atoms with Crippen LogP contribution in [-0.4, -0.2) is 30.1 Å². The number of carbonyl (C=O) groups excluding carboxylic acids is 1. The summed E-state index contributed by atoms with van der Waals surface area (Å²) in [6, 6.07) is -0.0570. The average Bonchev–Trinajstić information content (AvgIpc) is 2.78. The van der Waals surface area contributed by atoms with Crippen molar-refractivity contribution in [2.75, 3.05) is 13.1 Å². The van der Waals surface area contributed by atoms with Crippen molar-refractivity contribution >= 4 is 6.03 Å². The van der Waals surface area contributed by atoms with E-state index < -0.39 is 0 Å². The van der Waals surface area contributed by atoms with Gasteiger partial charge in [0.2, 0.25) is 0 Å². The SMILES string of the molecule is CC1CCCN(C(=O)NOC2CCCC2)C1. The number of hydrogen-bond donors (Lipinski definition) is 1. The second-order valence-corrected chi connectivity index (χ2v) is 5.12. The van der Waals surface area contributed by atoms with E-state index in [2.05, 4.69) is 12.4 Å². The number of piperidine rings is 1. The molecule has 2 aliphatic rings. The maximum absolute atomic E-state index is 11.8. The molecule has 0 aromatic heterocycles. The predicted octanol–water partition coefficient (Wildman–Crippen LogP) is 2.30. The van der Waals surface area contributed by atoms with Gasteiger partial charge in [0.05, 0.1) is 6.10 Å². The van der Waals surface area contributed by atoms with E-state index in [1.165, 1.54) is 19.3 Å². The molecule has 1 aliphatic carbocycles. The Morgan fingerprint density at radius 2 is 2.00 bits per heavy atom. The molecule has 2 fully saturated rings. The van der Waals surface area contributed by atoms with E-state index >= 15 is 0 Å². The highest BCUT2D eigenvalue weighted by atomic mass is 16.7. The summed E-state index contributed by atoms with van der Waals surface area (Å²) in [6.07, 6.45) is 7.19. The van der Waals surface area contributed by atoms with Crippen LogP contribution < -0.4 is 5.48 Å². The van der Waals surface area contributed by atoms with Crippen LogP contribution >= 0.6 is 0 Å². The summed E-state index contributed by atoms with van der Waals surface area (Å²) in [7, 11) is 0. The lowest BCUT2D eigenvalue weighted by atomic mass is 10.0. The monoisotopic (exact) mass is 226 g/mol. The van der Waals surface area contributed by atoms with E-state index in [0.29, 0.717) is 5.92 Å². The average molecular weight is 226 g/mol. The molecule has 1 saturated carbocycles. The number of likely N-dealkylation sites (tertiary alicyclic amines) is 1. The number of hydrogen-bond acceptors (Lipinski definition) is 2. The Morgan fingerprint density at radius 1 is 1.25 bits per heavy atom. The Bertz CT molecular complexity index is 239. The van der Waals surface area contributed by atoms with Gasteiger partial charge in [-0.1, -0.05) is 19.8 Å². The van der Waals surface area contributed by atoms with Gasteiger partial charge in [0.15, 0.2) is 0 Å². The third kappa shape index (κ3) is 3.11. The first-order valence-electron chi connectivity index (χ1n) is 6.46. The summed E-state index contributed by atoms with van der Waals surface area (Å²) >= 11 is 0. The van der Waals surface area contributed by atoms with Crippen molar-refractivity contribution in [3.05, 3.63) is 0 Å². The molecule has 2 rings (SSSR count). The highest BCUT2D eigenvalue weighted by Gasteiger charge is 2.22. The van der Waals surface area contributed by atoms with Crippen LogP contribution in [0.15, 0.2) is 0 Å². The summed E-state index contributed by atoms with van der Waals surface area (Å²) in [6.45, 7) is 3.92. The molecule has 4 heteroatoms. The van der Waals surface area contributed by atoms with Crippen LogP contribution in [0.4, 0.5) is 4.79 Å². The molecule has 0 aromatic carbocycles. The first kappa shape index (κ1) is 11.7. The van der Waals surface area contributed by atoms with Gasteiger partial charge in [-0.05, 0) is 31.6 Å². The molecule has 1 unspecified atom stereocenters. The minimum atomic E-state index is -0.0570. The molecule has 1 saturated heterocycles. The Kier molecular flexibility index (Phi) is 4.04. The van der Waals surface area contributed by atoms with Crippen LogP contribution in [-0.2, 0) is 4.84 Å². The number of urea groups is 1. The van der Waals surface area contributed by atoms with Gasteiger partial charge >= 0.3 is 6.03 Å². The zero-order valence-corrected chi connectivity index (χ0v) is 10.1. The standard InChI is InChI=1S/C12H22N2O2/c1-10-5-4-8-14(9-10)12(15)13-16-11-6-2-3-7-11/h10-11H,2-9H2,1H3,(H,13,15). The highest BCUT2D eigenvalue weighted by Crippen LogP contribution is 2.20. The second-order valence-electron chi connectivity index (χ2n) is 5.12. The number of nitrogens with zero attached hydrogens (tertiary/aromatic N) is 1. The molecule has 16 heavy (non-hydrogen) atoms. The molecule has 1 N–H and O–H groups in total. The Hall–Kier alpha value is -0.770. The lowest BCUT2D eigenvalue weighted by Gasteiger charge is -2.31. The first-order chi connectivity index (χ1) is 7.75. The third-order valence-electron chi connectivity index (χ3n) is 3.56. The van der Waals surface area contributed by atoms with Gasteiger partial charge in [0.1, 0.15) is 0 Å². The fraction of sp³-hybridized carbons (Fsp3) is 0.917. The van der Waals surface area contributed by atoms with Gasteiger partial charge in [-0.25, -0.2) is 10.3 Å². The maximum atomic E-state index is 11.8. The minimum absolute atomic E-state index is 0.0570. The summed E-state index contributed by atoms with van der Waals surface area (Å²) < 4.78 is 0. The Morgan fingerprint density at radius 3 is 2.69 bits per heavy atom. The Labute approximate surface area is 97.3 Å². The molecule has 0 aromatic rings. The van der Waals surface area contributed by atoms with Crippen molar-refractivity contribution in [3.63, 3.8) is 0 Å². The second kappa shape index (κ2) is 5.53. The zero-order valence-electron chi connectivity index (χ0n) is 10.1. The molecule has 1 atom stereocenters. The molecule has 2 amide bonds. The zero-order chi connectivity index (χ0) is 11.4. The van der Waals surface area contributed by atoms with Gasteiger partial charge in [-0.15, -0.1) is 0 Å². The quantitative estimate of drug-likeness (QED) is 0.734. The van der Waals surface area contributed by atoms with Gasteiger partial charge in [0, 0.05) is 13.1 Å². The van der Waals surface area contributed by atoms with E-state index in [1.807, 2.05) is 4.90 Å². The highest BCUT2D eigenvalue weighted by molar-refractivity contribution is 5.73. The fourth-order valence-electron chi connectivity index (χ4n) is 2.58. The molecule has 1 aliphatic heterocycles. The van der Waals surface area contributed by atoms with Crippen LogP contribution in [0.25, 0.3) is 0 Å². The van der Waals surface area contributed by atoms with E-state index in [0.717, 1.165) is 32.4 Å². The molecule has 92 valence electrons. The molecule has 0 radical (unpaired) electrons. The Balaban J connectivity index is 1.70. The minimum Gasteiger partial charge on any atom is -0.323 e. The maximum Gasteiger partial charge on any atom is 0.341 e. The number of carbonyl (C=O) groups is 1. The van der Waals surface area contributed by atoms with Gasteiger partial charge in [0.25, 0.3) is 0 Å². The lowest BCUT2D eigenvalue weighted by molar-refractivity contribution is -0.0103. The van der Waals surface area contributed by atoms with E-state index in [1.54, 1.807) is 0 Å². The summed E-state index contributed by atoms with van der Waals surface area (Å²) in [5.74, 6) is 0.617. The smallest absolute Gasteiger partial charge is 0.323 e. The normalized spacial score (nSPS) is 27.1. The van der Waals surface area contributed by atoms with Crippen LogP contribution in [0, 0.1) is 5.92 Å². The number of rotatable bonds is 2. The van der Waals surface area contributed by atoms with E-state index in [-0.39, 0.29) is 12.1 Å². The van der Waals surface area contributed by atoms with Gasteiger partial charge in [-0.2, -0.15) is 0 Å². The van der Waals surface area contributed by atoms with Crippen molar-refractivity contribution in [3.8, 4) is 0 Å². The number of amides is 2. The van der Waals surface area contributed by atoms with E-state index in [9.17, 15) is 4.79 Å². The van der Waals surface area contributed by atoms with Crippen LogP contribution in [0.1, 0.15) is 45.4 Å².